The van der Waals surface area contributed by atoms with Gasteiger partial charge in [-0.3, -0.25) is 10.00 Å². The molecule has 0 spiro atoms. The Hall–Kier alpha value is -2.80. The molecule has 132 valence electrons. The van der Waals surface area contributed by atoms with E-state index in [1.54, 1.807) is 14.2 Å². The van der Waals surface area contributed by atoms with E-state index in [-0.39, 0.29) is 0 Å². The van der Waals surface area contributed by atoms with Crippen LogP contribution in [0.15, 0.2) is 35.0 Å². The molecule has 0 unspecified atom stereocenters. The van der Waals surface area contributed by atoms with Gasteiger partial charge < -0.3 is 14.0 Å². The molecule has 0 fully saturated rings. The molecule has 0 amide bonds. The van der Waals surface area contributed by atoms with Gasteiger partial charge in [0.05, 0.1) is 38.3 Å². The summed E-state index contributed by atoms with van der Waals surface area (Å²) in [7, 11) is 5.31. The molecule has 0 saturated carbocycles. The molecule has 2 aromatic heterocycles. The molecule has 1 aromatic carbocycles. The van der Waals surface area contributed by atoms with Crippen molar-refractivity contribution in [2.45, 2.75) is 20.0 Å². The van der Waals surface area contributed by atoms with Gasteiger partial charge in [0.15, 0.2) is 5.76 Å². The first-order chi connectivity index (χ1) is 12.1. The fourth-order valence-electron chi connectivity index (χ4n) is 2.77. The minimum Gasteiger partial charge on any atom is -0.497 e. The van der Waals surface area contributed by atoms with Gasteiger partial charge in [-0.25, -0.2) is 0 Å². The van der Waals surface area contributed by atoms with Crippen LogP contribution in [0.4, 0.5) is 0 Å². The molecule has 7 nitrogen and oxygen atoms in total. The minimum absolute atomic E-state index is 0.672. The average Bonchev–Trinajstić information content (AvgIpc) is 3.23. The van der Waals surface area contributed by atoms with E-state index in [1.165, 1.54) is 0 Å². The van der Waals surface area contributed by atoms with Crippen LogP contribution in [-0.2, 0) is 13.1 Å². The number of aryl methyl sites for hydroxylation is 1. The molecular formula is C18H22N4O3. The van der Waals surface area contributed by atoms with E-state index in [9.17, 15) is 0 Å². The summed E-state index contributed by atoms with van der Waals surface area (Å²) in [6.07, 6.45) is 1.83. The zero-order chi connectivity index (χ0) is 17.8. The number of nitrogens with zero attached hydrogens (tertiary/aromatic N) is 3. The monoisotopic (exact) mass is 342 g/mol. The van der Waals surface area contributed by atoms with E-state index in [2.05, 4.69) is 20.3 Å². The van der Waals surface area contributed by atoms with E-state index in [0.717, 1.165) is 39.8 Å². The van der Waals surface area contributed by atoms with E-state index in [0.29, 0.717) is 13.1 Å². The van der Waals surface area contributed by atoms with E-state index in [1.807, 2.05) is 44.4 Å². The number of methoxy groups -OCH3 is 2. The Balaban J connectivity index is 1.80. The molecule has 1 N–H and O–H groups in total. The van der Waals surface area contributed by atoms with Crippen LogP contribution < -0.4 is 9.47 Å². The second-order valence-corrected chi connectivity index (χ2v) is 5.94. The highest BCUT2D eigenvalue weighted by atomic mass is 16.5. The molecule has 0 radical (unpaired) electrons. The summed E-state index contributed by atoms with van der Waals surface area (Å²) >= 11 is 0. The lowest BCUT2D eigenvalue weighted by Gasteiger charge is -2.16. The fourth-order valence-corrected chi connectivity index (χ4v) is 2.77. The number of hydrogen-bond donors (Lipinski definition) is 1. The number of aromatic nitrogens is 3. The van der Waals surface area contributed by atoms with Gasteiger partial charge in [0, 0.05) is 29.8 Å². The Morgan fingerprint density at radius 1 is 1.16 bits per heavy atom. The predicted octanol–water partition coefficient (Wildman–Crippen LogP) is 3.02. The number of nitrogens with one attached hydrogen (secondary N) is 1. The lowest BCUT2D eigenvalue weighted by atomic mass is 10.1. The third-order valence-electron chi connectivity index (χ3n) is 3.94. The maximum atomic E-state index is 5.51. The van der Waals surface area contributed by atoms with Gasteiger partial charge in [-0.2, -0.15) is 5.10 Å². The topological polar surface area (TPSA) is 76.4 Å². The van der Waals surface area contributed by atoms with Crippen LogP contribution in [0.25, 0.3) is 11.3 Å². The molecule has 0 aliphatic heterocycles. The number of benzene rings is 1. The maximum Gasteiger partial charge on any atom is 0.150 e. The third kappa shape index (κ3) is 3.83. The molecule has 3 aromatic rings. The molecule has 0 bridgehead atoms. The maximum absolute atomic E-state index is 5.51. The zero-order valence-electron chi connectivity index (χ0n) is 14.9. The molecule has 0 aliphatic rings. The van der Waals surface area contributed by atoms with Crippen LogP contribution in [0.2, 0.25) is 0 Å². The molecule has 2 heterocycles. The quantitative estimate of drug-likeness (QED) is 0.711. The molecule has 7 heteroatoms. The summed E-state index contributed by atoms with van der Waals surface area (Å²) in [5, 5.41) is 11.2. The Morgan fingerprint density at radius 2 is 2.00 bits per heavy atom. The smallest absolute Gasteiger partial charge is 0.150 e. The second-order valence-electron chi connectivity index (χ2n) is 5.94. The molecule has 3 rings (SSSR count). The van der Waals surface area contributed by atoms with Crippen molar-refractivity contribution in [2.75, 3.05) is 21.3 Å². The van der Waals surface area contributed by atoms with Gasteiger partial charge in [0.1, 0.15) is 11.5 Å². The largest absolute Gasteiger partial charge is 0.497 e. The predicted molar refractivity (Wildman–Crippen MR) is 93.5 cm³/mol. The SMILES string of the molecule is COc1ccc(-c2[nH]ncc2CN(C)Cc2cc(C)no2)c(OC)c1. The zero-order valence-corrected chi connectivity index (χ0v) is 14.9. The number of rotatable bonds is 7. The van der Waals surface area contributed by atoms with Crippen LogP contribution in [0.1, 0.15) is 17.0 Å². The lowest BCUT2D eigenvalue weighted by Crippen LogP contribution is -2.17. The Bertz CT molecular complexity index is 840. The first kappa shape index (κ1) is 17.0. The van der Waals surface area contributed by atoms with Gasteiger partial charge in [-0.15, -0.1) is 0 Å². The molecule has 0 atom stereocenters. The van der Waals surface area contributed by atoms with Gasteiger partial charge in [0.25, 0.3) is 0 Å². The van der Waals surface area contributed by atoms with E-state index in [4.69, 9.17) is 14.0 Å². The summed E-state index contributed by atoms with van der Waals surface area (Å²) in [6.45, 7) is 3.29. The van der Waals surface area contributed by atoms with Crippen molar-refractivity contribution < 1.29 is 14.0 Å². The molecule has 0 saturated heterocycles. The first-order valence-corrected chi connectivity index (χ1v) is 7.96. The van der Waals surface area contributed by atoms with Gasteiger partial charge in [0.2, 0.25) is 0 Å². The van der Waals surface area contributed by atoms with Crippen molar-refractivity contribution in [3.8, 4) is 22.8 Å². The Labute approximate surface area is 146 Å². The third-order valence-corrected chi connectivity index (χ3v) is 3.94. The number of H-pyrrole nitrogens is 1. The second kappa shape index (κ2) is 7.40. The summed E-state index contributed by atoms with van der Waals surface area (Å²) < 4.78 is 16.0. The number of aromatic amines is 1. The van der Waals surface area contributed by atoms with Crippen molar-refractivity contribution in [1.29, 1.82) is 0 Å². The number of hydrogen-bond acceptors (Lipinski definition) is 6. The van der Waals surface area contributed by atoms with Crippen LogP contribution in [0.3, 0.4) is 0 Å². The van der Waals surface area contributed by atoms with Crippen LogP contribution >= 0.6 is 0 Å². The molecule has 25 heavy (non-hydrogen) atoms. The lowest BCUT2D eigenvalue weighted by molar-refractivity contribution is 0.266. The summed E-state index contributed by atoms with van der Waals surface area (Å²) in [5.74, 6) is 2.32. The van der Waals surface area contributed by atoms with Crippen molar-refractivity contribution in [3.05, 3.63) is 47.5 Å². The van der Waals surface area contributed by atoms with Gasteiger partial charge in [-0.1, -0.05) is 5.16 Å². The highest BCUT2D eigenvalue weighted by Crippen LogP contribution is 2.34. The van der Waals surface area contributed by atoms with Crippen molar-refractivity contribution >= 4 is 0 Å². The average molecular weight is 342 g/mol. The fraction of sp³-hybridized carbons (Fsp3) is 0.333. The van der Waals surface area contributed by atoms with Crippen molar-refractivity contribution in [2.24, 2.45) is 0 Å². The molecular weight excluding hydrogens is 320 g/mol. The summed E-state index contributed by atoms with van der Waals surface area (Å²) in [4.78, 5) is 2.14. The van der Waals surface area contributed by atoms with Crippen LogP contribution in [0.5, 0.6) is 11.5 Å². The Morgan fingerprint density at radius 3 is 2.68 bits per heavy atom. The normalized spacial score (nSPS) is 11.1. The highest BCUT2D eigenvalue weighted by Gasteiger charge is 2.15. The van der Waals surface area contributed by atoms with E-state index >= 15 is 0 Å². The van der Waals surface area contributed by atoms with Gasteiger partial charge in [-0.05, 0) is 26.1 Å². The highest BCUT2D eigenvalue weighted by molar-refractivity contribution is 5.71. The summed E-state index contributed by atoms with van der Waals surface area (Å²) in [6, 6.07) is 7.68. The summed E-state index contributed by atoms with van der Waals surface area (Å²) in [5.41, 5.74) is 3.83. The van der Waals surface area contributed by atoms with Crippen molar-refractivity contribution in [1.82, 2.24) is 20.3 Å². The minimum atomic E-state index is 0.672. The van der Waals surface area contributed by atoms with E-state index < -0.39 is 0 Å². The van der Waals surface area contributed by atoms with Crippen LogP contribution in [0, 0.1) is 6.92 Å². The van der Waals surface area contributed by atoms with Crippen molar-refractivity contribution in [3.63, 3.8) is 0 Å². The standard InChI is InChI=1S/C18H22N4O3/c1-12-7-15(25-21-12)11-22(2)10-13-9-19-20-18(13)16-6-5-14(23-3)8-17(16)24-4/h5-9H,10-11H2,1-4H3,(H,19,20). The first-order valence-electron chi connectivity index (χ1n) is 7.96. The molecule has 0 aliphatic carbocycles. The van der Waals surface area contributed by atoms with Gasteiger partial charge >= 0.3 is 0 Å². The van der Waals surface area contributed by atoms with Crippen LogP contribution in [-0.4, -0.2) is 41.5 Å². The number of ether oxygens (including phenoxy) is 2. The Kier molecular flexibility index (Phi) is 5.04.